The summed E-state index contributed by atoms with van der Waals surface area (Å²) in [6.07, 6.45) is 1.32. The van der Waals surface area contributed by atoms with E-state index in [1.165, 1.54) is 47.9 Å². The van der Waals surface area contributed by atoms with E-state index in [1.807, 2.05) is 18.2 Å². The molecule has 6 rings (SSSR count). The molecule has 2 aromatic heterocycles. The van der Waals surface area contributed by atoms with Crippen LogP contribution in [0.15, 0.2) is 94.5 Å². The van der Waals surface area contributed by atoms with Gasteiger partial charge in [-0.3, -0.25) is 19.7 Å². The van der Waals surface area contributed by atoms with Crippen molar-refractivity contribution in [2.24, 2.45) is 5.10 Å². The minimum atomic E-state index is -0.751. The van der Waals surface area contributed by atoms with Crippen molar-refractivity contribution in [2.45, 2.75) is 0 Å². The van der Waals surface area contributed by atoms with Gasteiger partial charge < -0.3 is 10.1 Å². The van der Waals surface area contributed by atoms with Crippen molar-refractivity contribution < 1.29 is 24.0 Å². The molecule has 0 unspecified atom stereocenters. The summed E-state index contributed by atoms with van der Waals surface area (Å²) in [5.41, 5.74) is 3.44. The first-order valence-electron chi connectivity index (χ1n) is 13.4. The molecule has 234 valence electrons. The summed E-state index contributed by atoms with van der Waals surface area (Å²) in [6.45, 7) is 0. The number of halogens is 3. The highest BCUT2D eigenvalue weighted by Gasteiger charge is 2.22. The Kier molecular flexibility index (Phi) is 9.34. The molecule has 47 heavy (non-hydrogen) atoms. The second-order valence-corrected chi connectivity index (χ2v) is 13.5. The Morgan fingerprint density at radius 1 is 0.851 bits per heavy atom. The average molecular weight is 768 g/mol. The number of benzene rings is 4. The minimum Gasteiger partial charge on any atom is -0.422 e. The van der Waals surface area contributed by atoms with E-state index in [2.05, 4.69) is 31.8 Å². The number of fused-ring (bicyclic) bond motifs is 2. The van der Waals surface area contributed by atoms with E-state index >= 15 is 0 Å². The van der Waals surface area contributed by atoms with Gasteiger partial charge in [0.05, 0.1) is 21.2 Å². The van der Waals surface area contributed by atoms with Gasteiger partial charge in [-0.25, -0.2) is 10.2 Å². The van der Waals surface area contributed by atoms with Gasteiger partial charge >= 0.3 is 5.97 Å². The number of amides is 2. The molecule has 4 aromatic carbocycles. The molecule has 2 amide bonds. The van der Waals surface area contributed by atoms with Gasteiger partial charge in [-0.2, -0.15) is 5.10 Å². The average Bonchev–Trinajstić information content (AvgIpc) is 3.57. The molecule has 0 aliphatic carbocycles. The largest absolute Gasteiger partial charge is 0.422 e. The van der Waals surface area contributed by atoms with Crippen LogP contribution in [0.2, 0.25) is 10.0 Å². The molecular weight excluding hydrogens is 751 g/mol. The molecule has 10 nitrogen and oxygen atoms in total. The first-order chi connectivity index (χ1) is 22.6. The van der Waals surface area contributed by atoms with E-state index < -0.39 is 16.8 Å². The van der Waals surface area contributed by atoms with E-state index in [-0.39, 0.29) is 32.8 Å². The summed E-state index contributed by atoms with van der Waals surface area (Å²) in [4.78, 5) is 49.7. The number of nitro benzene ring substituents is 1. The molecule has 2 N–H and O–H groups in total. The Morgan fingerprint density at radius 3 is 2.26 bits per heavy atom. The lowest BCUT2D eigenvalue weighted by Crippen LogP contribution is -2.18. The minimum absolute atomic E-state index is 0.0852. The molecule has 0 bridgehead atoms. The van der Waals surface area contributed by atoms with Gasteiger partial charge in [-0.05, 0) is 54.6 Å². The van der Waals surface area contributed by atoms with E-state index in [4.69, 9.17) is 27.9 Å². The highest BCUT2D eigenvalue weighted by Crippen LogP contribution is 2.39. The fourth-order valence-electron chi connectivity index (χ4n) is 4.43. The van der Waals surface area contributed by atoms with Crippen LogP contribution in [-0.4, -0.2) is 28.9 Å². The third kappa shape index (κ3) is 6.89. The number of esters is 1. The van der Waals surface area contributed by atoms with E-state index in [1.54, 1.807) is 36.4 Å². The molecule has 0 aliphatic heterocycles. The smallest absolute Gasteiger partial charge is 0.355 e. The van der Waals surface area contributed by atoms with Gasteiger partial charge in [0.1, 0.15) is 15.5 Å². The maximum Gasteiger partial charge on any atom is 0.355 e. The van der Waals surface area contributed by atoms with Gasteiger partial charge in [-0.1, -0.05) is 57.3 Å². The van der Waals surface area contributed by atoms with Crippen LogP contribution in [0.4, 0.5) is 11.4 Å². The second-order valence-electron chi connectivity index (χ2n) is 9.73. The number of para-hydroxylation sites is 1. The number of rotatable bonds is 8. The fourth-order valence-corrected chi connectivity index (χ4v) is 7.81. The number of hydrogen-bond donors (Lipinski definition) is 2. The molecule has 0 saturated carbocycles. The summed E-state index contributed by atoms with van der Waals surface area (Å²) in [5.74, 6) is -1.48. The SMILES string of the molecule is O=C(N/N=C\c1ccccc1OC(=O)c1sc2cc([N+](=O)[O-])ccc2c1Cl)c1ccc(NC(=O)c2sc3cc(Br)ccc3c2Cl)cc1. The van der Waals surface area contributed by atoms with Gasteiger partial charge in [0.15, 0.2) is 0 Å². The number of anilines is 1. The molecule has 2 heterocycles. The molecule has 0 atom stereocenters. The number of hydrogen-bond acceptors (Lipinski definition) is 9. The maximum absolute atomic E-state index is 13.0. The van der Waals surface area contributed by atoms with Crippen molar-refractivity contribution in [1.82, 2.24) is 5.43 Å². The normalized spacial score (nSPS) is 11.2. The molecule has 0 radical (unpaired) electrons. The summed E-state index contributed by atoms with van der Waals surface area (Å²) in [5, 5.41) is 19.7. The number of hydrazone groups is 1. The zero-order valence-electron chi connectivity index (χ0n) is 23.5. The molecule has 0 saturated heterocycles. The van der Waals surface area contributed by atoms with Crippen LogP contribution < -0.4 is 15.5 Å². The Hall–Kier alpha value is -4.66. The lowest BCUT2D eigenvalue weighted by atomic mass is 10.2. The number of nitrogens with zero attached hydrogens (tertiary/aromatic N) is 2. The van der Waals surface area contributed by atoms with E-state index in [9.17, 15) is 24.5 Å². The standard InChI is InChI=1S/C32H17BrCl2N4O6S2/c33-18-7-11-21-24(13-18)46-28(26(21)34)31(41)37-19-8-5-16(6-9-19)30(40)38-36-15-17-3-1-2-4-23(17)45-32(42)29-27(35)22-12-10-20(39(43)44)14-25(22)47-29/h1-15H,(H,37,41)(H,38,40)/b36-15-. The zero-order chi connectivity index (χ0) is 33.2. The highest BCUT2D eigenvalue weighted by molar-refractivity contribution is 9.10. The summed E-state index contributed by atoms with van der Waals surface area (Å²) < 4.78 is 7.80. The molecule has 0 aliphatic rings. The van der Waals surface area contributed by atoms with E-state index in [0.717, 1.165) is 25.9 Å². The van der Waals surface area contributed by atoms with Gasteiger partial charge in [0, 0.05) is 53.6 Å². The Balaban J connectivity index is 1.09. The third-order valence-corrected chi connectivity index (χ3v) is 10.5. The Bertz CT molecular complexity index is 2270. The number of non-ortho nitro benzene ring substituents is 1. The highest BCUT2D eigenvalue weighted by atomic mass is 79.9. The van der Waals surface area contributed by atoms with E-state index in [0.29, 0.717) is 31.2 Å². The molecule has 0 fully saturated rings. The summed E-state index contributed by atoms with van der Waals surface area (Å²) in [7, 11) is 0. The van der Waals surface area contributed by atoms with Gasteiger partial charge in [0.25, 0.3) is 17.5 Å². The third-order valence-electron chi connectivity index (χ3n) is 6.70. The molecule has 0 spiro atoms. The van der Waals surface area contributed by atoms with Crippen molar-refractivity contribution in [3.63, 3.8) is 0 Å². The van der Waals surface area contributed by atoms with Crippen LogP contribution in [0.3, 0.4) is 0 Å². The maximum atomic E-state index is 13.0. The first kappa shape index (κ1) is 32.3. The van der Waals surface area contributed by atoms with Gasteiger partial charge in [0.2, 0.25) is 0 Å². The first-order valence-corrected chi connectivity index (χ1v) is 16.6. The van der Waals surface area contributed by atoms with Crippen LogP contribution in [0.5, 0.6) is 5.75 Å². The summed E-state index contributed by atoms with van der Waals surface area (Å²) in [6, 6.07) is 22.5. The molecular formula is C32H17BrCl2N4O6S2. The lowest BCUT2D eigenvalue weighted by Gasteiger charge is -2.07. The van der Waals surface area contributed by atoms with Crippen LogP contribution in [0, 0.1) is 10.1 Å². The second kappa shape index (κ2) is 13.6. The summed E-state index contributed by atoms with van der Waals surface area (Å²) >= 11 is 18.5. The Morgan fingerprint density at radius 2 is 1.51 bits per heavy atom. The number of carbonyl (C=O) groups excluding carboxylic acids is 3. The van der Waals surface area contributed by atoms with Crippen molar-refractivity contribution in [2.75, 3.05) is 5.32 Å². The predicted octanol–water partition coefficient (Wildman–Crippen LogP) is 9.33. The van der Waals surface area contributed by atoms with Crippen molar-refractivity contribution in [1.29, 1.82) is 0 Å². The number of nitrogens with one attached hydrogen (secondary N) is 2. The van der Waals surface area contributed by atoms with Crippen LogP contribution in [-0.2, 0) is 0 Å². The number of ether oxygens (including phenoxy) is 1. The fraction of sp³-hybridized carbons (Fsp3) is 0. The van der Waals surface area contributed by atoms with Crippen LogP contribution >= 0.6 is 61.8 Å². The van der Waals surface area contributed by atoms with Crippen LogP contribution in [0.25, 0.3) is 20.2 Å². The quantitative estimate of drug-likeness (QED) is 0.0520. The van der Waals surface area contributed by atoms with Crippen molar-refractivity contribution in [3.8, 4) is 5.75 Å². The predicted molar refractivity (Wildman–Crippen MR) is 189 cm³/mol. The van der Waals surface area contributed by atoms with Gasteiger partial charge in [-0.15, -0.1) is 22.7 Å². The van der Waals surface area contributed by atoms with Crippen molar-refractivity contribution in [3.05, 3.63) is 130 Å². The topological polar surface area (TPSA) is 140 Å². The monoisotopic (exact) mass is 766 g/mol. The van der Waals surface area contributed by atoms with Crippen molar-refractivity contribution >= 4 is 117 Å². The number of nitro groups is 1. The zero-order valence-corrected chi connectivity index (χ0v) is 28.2. The Labute approximate surface area is 291 Å². The van der Waals surface area contributed by atoms with Crippen LogP contribution in [0.1, 0.15) is 35.3 Å². The number of carbonyl (C=O) groups is 3. The molecule has 15 heteroatoms. The number of thiophene rings is 2. The lowest BCUT2D eigenvalue weighted by molar-refractivity contribution is -0.384. The molecule has 6 aromatic rings.